The van der Waals surface area contributed by atoms with Gasteiger partial charge in [0.05, 0.1) is 19.8 Å². The molecule has 60 heavy (non-hydrogen) atoms. The Morgan fingerprint density at radius 1 is 0.650 bits per heavy atom. The summed E-state index contributed by atoms with van der Waals surface area (Å²) in [5.74, 6) is -0.415. The standard InChI is InChI=1S/C47H82O12S/c1-3-5-7-9-11-13-15-17-19-20-21-23-25-27-29-31-33-35-37-55-39-41(40-56-47-45(51)46(59-60(52,53)54)44(50)42(38-48)58-47)57-43(49)36-34-32-30-28-26-24-22-18-16-14-12-10-8-6-4-2/h5,7,11,13,17,19,21,23,27,29,41-42,44-48,50-51H,3-4,6,8-10,12,14-16,18,20,22,24-26,28,30-40H2,1-2H3,(H,52,53,54)/b7-5-,13-11-,19-17-,23-21-,29-27-. The van der Waals surface area contributed by atoms with Crippen LogP contribution in [0.3, 0.4) is 0 Å². The minimum absolute atomic E-state index is 0.00604. The number of aliphatic hydroxyl groups excluding tert-OH is 3. The number of allylic oxidation sites excluding steroid dienone is 10. The maximum Gasteiger partial charge on any atom is 0.397 e. The van der Waals surface area contributed by atoms with Crippen molar-refractivity contribution in [3.63, 3.8) is 0 Å². The third kappa shape index (κ3) is 31.6. The van der Waals surface area contributed by atoms with Crippen LogP contribution in [0.25, 0.3) is 0 Å². The maximum atomic E-state index is 12.8. The minimum atomic E-state index is -5.07. The molecule has 348 valence electrons. The first-order valence-electron chi connectivity index (χ1n) is 23.0. The van der Waals surface area contributed by atoms with Crippen molar-refractivity contribution in [2.45, 2.75) is 205 Å². The molecule has 0 aliphatic carbocycles. The molecule has 0 saturated carbocycles. The third-order valence-electron chi connectivity index (χ3n) is 10.2. The molecule has 0 spiro atoms. The van der Waals surface area contributed by atoms with Gasteiger partial charge in [-0.25, -0.2) is 4.18 Å². The van der Waals surface area contributed by atoms with Gasteiger partial charge < -0.3 is 34.3 Å². The second-order valence-electron chi connectivity index (χ2n) is 15.6. The molecule has 4 N–H and O–H groups in total. The number of esters is 1. The lowest BCUT2D eigenvalue weighted by Gasteiger charge is -2.41. The highest BCUT2D eigenvalue weighted by Gasteiger charge is 2.48. The number of carbonyl (C=O) groups is 1. The van der Waals surface area contributed by atoms with E-state index in [2.05, 4.69) is 78.8 Å². The molecular formula is C47H82O12S. The molecule has 0 aromatic carbocycles. The van der Waals surface area contributed by atoms with Crippen LogP contribution in [0, 0.1) is 0 Å². The zero-order valence-electron chi connectivity index (χ0n) is 37.0. The molecule has 1 aliphatic heterocycles. The van der Waals surface area contributed by atoms with E-state index >= 15 is 0 Å². The van der Waals surface area contributed by atoms with Gasteiger partial charge in [-0.15, -0.1) is 0 Å². The van der Waals surface area contributed by atoms with Crippen LogP contribution in [0.1, 0.15) is 168 Å². The maximum absolute atomic E-state index is 12.8. The molecule has 1 aliphatic rings. The second-order valence-corrected chi connectivity index (χ2v) is 16.7. The molecule has 6 atom stereocenters. The highest BCUT2D eigenvalue weighted by Crippen LogP contribution is 2.26. The predicted molar refractivity (Wildman–Crippen MR) is 239 cm³/mol. The van der Waals surface area contributed by atoms with E-state index in [0.717, 1.165) is 70.6 Å². The fourth-order valence-corrected chi connectivity index (χ4v) is 7.21. The van der Waals surface area contributed by atoms with Gasteiger partial charge in [0.1, 0.15) is 30.5 Å². The molecule has 0 aromatic rings. The lowest BCUT2D eigenvalue weighted by atomic mass is 9.99. The highest BCUT2D eigenvalue weighted by atomic mass is 32.3. The summed E-state index contributed by atoms with van der Waals surface area (Å²) in [5.41, 5.74) is 0. The third-order valence-corrected chi connectivity index (χ3v) is 10.6. The topological polar surface area (TPSA) is 178 Å². The van der Waals surface area contributed by atoms with Crippen molar-refractivity contribution in [2.75, 3.05) is 26.4 Å². The van der Waals surface area contributed by atoms with Crippen LogP contribution in [0.4, 0.5) is 0 Å². The van der Waals surface area contributed by atoms with E-state index in [-0.39, 0.29) is 19.6 Å². The Morgan fingerprint density at radius 2 is 1.15 bits per heavy atom. The molecular weight excluding hydrogens is 789 g/mol. The lowest BCUT2D eigenvalue weighted by molar-refractivity contribution is -0.301. The zero-order chi connectivity index (χ0) is 43.9. The van der Waals surface area contributed by atoms with Crippen molar-refractivity contribution in [1.82, 2.24) is 0 Å². The molecule has 12 nitrogen and oxygen atoms in total. The smallest absolute Gasteiger partial charge is 0.397 e. The van der Waals surface area contributed by atoms with Crippen molar-refractivity contribution in [3.8, 4) is 0 Å². The highest BCUT2D eigenvalue weighted by molar-refractivity contribution is 7.80. The first-order chi connectivity index (χ1) is 29.1. The number of aliphatic hydroxyl groups is 3. The number of unbranched alkanes of at least 4 members (excludes halogenated alkanes) is 16. The summed E-state index contributed by atoms with van der Waals surface area (Å²) in [5, 5.41) is 30.7. The molecule has 1 rings (SSSR count). The molecule has 0 amide bonds. The Bertz CT molecular complexity index is 1280. The summed E-state index contributed by atoms with van der Waals surface area (Å²) in [6.45, 7) is 3.77. The van der Waals surface area contributed by atoms with E-state index in [1.54, 1.807) is 0 Å². The van der Waals surface area contributed by atoms with Gasteiger partial charge in [-0.2, -0.15) is 8.42 Å². The van der Waals surface area contributed by atoms with Crippen LogP contribution in [0.15, 0.2) is 60.8 Å². The molecule has 1 heterocycles. The average molecular weight is 871 g/mol. The number of carbonyl (C=O) groups excluding carboxylic acids is 1. The van der Waals surface area contributed by atoms with Crippen molar-refractivity contribution >= 4 is 16.4 Å². The van der Waals surface area contributed by atoms with E-state index in [4.69, 9.17) is 23.5 Å². The summed E-state index contributed by atoms with van der Waals surface area (Å²) in [6.07, 6.45) is 38.3. The van der Waals surface area contributed by atoms with Gasteiger partial charge in [-0.1, -0.05) is 164 Å². The van der Waals surface area contributed by atoms with Gasteiger partial charge in [0.15, 0.2) is 6.29 Å². The number of hydrogen-bond acceptors (Lipinski definition) is 11. The Morgan fingerprint density at radius 3 is 1.65 bits per heavy atom. The van der Waals surface area contributed by atoms with Gasteiger partial charge in [0.2, 0.25) is 0 Å². The quantitative estimate of drug-likeness (QED) is 0.0199. The normalized spacial score (nSPS) is 20.8. The van der Waals surface area contributed by atoms with Crippen molar-refractivity contribution in [2.24, 2.45) is 0 Å². The fourth-order valence-electron chi connectivity index (χ4n) is 6.70. The minimum Gasteiger partial charge on any atom is -0.457 e. The Labute approximate surface area is 363 Å². The summed E-state index contributed by atoms with van der Waals surface area (Å²) < 4.78 is 59.0. The Balaban J connectivity index is 2.46. The van der Waals surface area contributed by atoms with Gasteiger partial charge >= 0.3 is 16.4 Å². The molecule has 0 radical (unpaired) electrons. The van der Waals surface area contributed by atoms with E-state index < -0.39 is 59.8 Å². The summed E-state index contributed by atoms with van der Waals surface area (Å²) in [4.78, 5) is 12.8. The van der Waals surface area contributed by atoms with Crippen molar-refractivity contribution in [1.29, 1.82) is 0 Å². The van der Waals surface area contributed by atoms with E-state index in [0.29, 0.717) is 13.0 Å². The molecule has 13 heteroatoms. The van der Waals surface area contributed by atoms with Crippen LogP contribution >= 0.6 is 0 Å². The SMILES string of the molecule is CC/C=C\C/C=C\C/C=C\C/C=C\C/C=C\CCCCOCC(COC1OC(CO)C(O)C(OS(=O)(=O)O)C1O)OC(=O)CCCCCCCCCCCCCCCCC. The van der Waals surface area contributed by atoms with Crippen LogP contribution in [0.2, 0.25) is 0 Å². The largest absolute Gasteiger partial charge is 0.457 e. The first kappa shape index (κ1) is 55.8. The van der Waals surface area contributed by atoms with Crippen LogP contribution in [-0.2, 0) is 38.3 Å². The van der Waals surface area contributed by atoms with Gasteiger partial charge in [-0.05, 0) is 57.8 Å². The number of hydrogen-bond donors (Lipinski definition) is 4. The second kappa shape index (κ2) is 38.5. The molecule has 1 fully saturated rings. The average Bonchev–Trinajstić information content (AvgIpc) is 3.22. The molecule has 0 aromatic heterocycles. The number of rotatable bonds is 39. The molecule has 6 unspecified atom stereocenters. The lowest BCUT2D eigenvalue weighted by Crippen LogP contribution is -2.60. The van der Waals surface area contributed by atoms with E-state index in [1.807, 2.05) is 0 Å². The van der Waals surface area contributed by atoms with Gasteiger partial charge in [-0.3, -0.25) is 9.35 Å². The first-order valence-corrected chi connectivity index (χ1v) is 24.4. The van der Waals surface area contributed by atoms with Crippen molar-refractivity contribution < 1.29 is 56.2 Å². The van der Waals surface area contributed by atoms with Crippen LogP contribution in [0.5, 0.6) is 0 Å². The van der Waals surface area contributed by atoms with Crippen molar-refractivity contribution in [3.05, 3.63) is 60.8 Å². The van der Waals surface area contributed by atoms with Crippen LogP contribution in [-0.4, -0.2) is 97.5 Å². The predicted octanol–water partition coefficient (Wildman–Crippen LogP) is 9.74. The summed E-state index contributed by atoms with van der Waals surface area (Å²) in [6, 6.07) is 0. The number of ether oxygens (including phenoxy) is 4. The summed E-state index contributed by atoms with van der Waals surface area (Å²) >= 11 is 0. The fraction of sp³-hybridized carbons (Fsp3) is 0.766. The van der Waals surface area contributed by atoms with Gasteiger partial charge in [0.25, 0.3) is 0 Å². The monoisotopic (exact) mass is 871 g/mol. The van der Waals surface area contributed by atoms with E-state index in [9.17, 15) is 28.5 Å². The Kier molecular flexibility index (Phi) is 35.8. The zero-order valence-corrected chi connectivity index (χ0v) is 37.8. The van der Waals surface area contributed by atoms with Crippen LogP contribution < -0.4 is 0 Å². The summed E-state index contributed by atoms with van der Waals surface area (Å²) in [7, 11) is -5.07. The Hall–Kier alpha value is -2.20. The molecule has 0 bridgehead atoms. The van der Waals surface area contributed by atoms with Gasteiger partial charge in [0, 0.05) is 13.0 Å². The molecule has 1 saturated heterocycles. The van der Waals surface area contributed by atoms with E-state index in [1.165, 1.54) is 70.6 Å².